The van der Waals surface area contributed by atoms with Gasteiger partial charge in [0.05, 0.1) is 11.7 Å². The van der Waals surface area contributed by atoms with E-state index in [1.807, 2.05) is 0 Å². The van der Waals surface area contributed by atoms with Gasteiger partial charge >= 0.3 is 0 Å². The normalized spacial score (nSPS) is 10.6. The van der Waals surface area contributed by atoms with E-state index in [4.69, 9.17) is 0 Å². The first-order chi connectivity index (χ1) is 10.6. The van der Waals surface area contributed by atoms with E-state index < -0.39 is 0 Å². The van der Waals surface area contributed by atoms with Gasteiger partial charge in [0.2, 0.25) is 11.3 Å². The summed E-state index contributed by atoms with van der Waals surface area (Å²) in [6, 6.07) is 10.5. The first-order valence-corrected chi connectivity index (χ1v) is 7.29. The van der Waals surface area contributed by atoms with Crippen LogP contribution in [0.5, 0.6) is 0 Å². The van der Waals surface area contributed by atoms with Crippen LogP contribution in [0.25, 0.3) is 10.9 Å². The van der Waals surface area contributed by atoms with Gasteiger partial charge in [0, 0.05) is 16.1 Å². The van der Waals surface area contributed by atoms with Crippen molar-refractivity contribution in [3.8, 4) is 0 Å². The van der Waals surface area contributed by atoms with Gasteiger partial charge in [0.1, 0.15) is 12.4 Å². The lowest BCUT2D eigenvalue weighted by molar-refractivity contribution is -0.116. The third kappa shape index (κ3) is 3.04. The van der Waals surface area contributed by atoms with Crippen LogP contribution >= 0.6 is 15.9 Å². The molecule has 0 radical (unpaired) electrons. The summed E-state index contributed by atoms with van der Waals surface area (Å²) in [6.45, 7) is -0.00145. The monoisotopic (exact) mass is 358 g/mol. The lowest BCUT2D eigenvalue weighted by Crippen LogP contribution is -2.22. The van der Waals surface area contributed by atoms with Crippen molar-refractivity contribution in [3.63, 3.8) is 0 Å². The minimum Gasteiger partial charge on any atom is -0.309 e. The predicted octanol–water partition coefficient (Wildman–Crippen LogP) is 2.19. The maximum atomic E-state index is 12.1. The number of anilines is 1. The highest BCUT2D eigenvalue weighted by molar-refractivity contribution is 9.10. The molecule has 0 spiro atoms. The summed E-state index contributed by atoms with van der Waals surface area (Å²) in [5.41, 5.74) is 0.454. The number of aromatic nitrogens is 3. The standard InChI is InChI=1S/C15H11BrN4O2/c16-10-5-6-14(17-7-10)19-15(22)9-20-12-4-2-1-3-11(12)13(21)8-18-20/h1-8H,9H2,(H,17,19,22). The van der Waals surface area contributed by atoms with Crippen LogP contribution < -0.4 is 10.7 Å². The molecule has 0 aliphatic rings. The highest BCUT2D eigenvalue weighted by atomic mass is 79.9. The lowest BCUT2D eigenvalue weighted by Gasteiger charge is -2.09. The van der Waals surface area contributed by atoms with Crippen molar-refractivity contribution in [1.82, 2.24) is 14.8 Å². The zero-order valence-corrected chi connectivity index (χ0v) is 12.9. The molecule has 0 aliphatic carbocycles. The maximum absolute atomic E-state index is 12.1. The predicted molar refractivity (Wildman–Crippen MR) is 86.6 cm³/mol. The number of rotatable bonds is 3. The van der Waals surface area contributed by atoms with Gasteiger partial charge in [-0.2, -0.15) is 5.10 Å². The number of nitrogens with one attached hydrogen (secondary N) is 1. The molecule has 3 rings (SSSR count). The molecule has 1 N–H and O–H groups in total. The smallest absolute Gasteiger partial charge is 0.247 e. The molecule has 3 aromatic rings. The van der Waals surface area contributed by atoms with E-state index in [1.54, 1.807) is 42.6 Å². The Balaban J connectivity index is 1.84. The summed E-state index contributed by atoms with van der Waals surface area (Å²) in [7, 11) is 0. The van der Waals surface area contributed by atoms with Crippen molar-refractivity contribution in [2.75, 3.05) is 5.32 Å². The number of hydrogen-bond acceptors (Lipinski definition) is 4. The third-order valence-electron chi connectivity index (χ3n) is 3.05. The average Bonchev–Trinajstić information content (AvgIpc) is 2.53. The number of benzene rings is 1. The van der Waals surface area contributed by atoms with Crippen LogP contribution in [0.1, 0.15) is 0 Å². The quantitative estimate of drug-likeness (QED) is 0.778. The van der Waals surface area contributed by atoms with E-state index in [-0.39, 0.29) is 17.9 Å². The first-order valence-electron chi connectivity index (χ1n) is 6.50. The van der Waals surface area contributed by atoms with Crippen LogP contribution in [0.2, 0.25) is 0 Å². The molecule has 0 unspecified atom stereocenters. The number of nitrogens with zero attached hydrogens (tertiary/aromatic N) is 3. The Bertz CT molecular complexity index is 890. The minimum absolute atomic E-state index is 0.00145. The summed E-state index contributed by atoms with van der Waals surface area (Å²) < 4.78 is 2.32. The fourth-order valence-corrected chi connectivity index (χ4v) is 2.29. The van der Waals surface area contributed by atoms with Gasteiger partial charge in [-0.05, 0) is 40.2 Å². The molecule has 0 atom stereocenters. The van der Waals surface area contributed by atoms with Gasteiger partial charge in [-0.15, -0.1) is 0 Å². The van der Waals surface area contributed by atoms with Gasteiger partial charge in [-0.1, -0.05) is 12.1 Å². The van der Waals surface area contributed by atoms with Crippen molar-refractivity contribution in [1.29, 1.82) is 0 Å². The number of fused-ring (bicyclic) bond motifs is 1. The molecule has 1 amide bonds. The summed E-state index contributed by atoms with van der Waals surface area (Å²) in [5, 5.41) is 7.24. The third-order valence-corrected chi connectivity index (χ3v) is 3.52. The number of para-hydroxylation sites is 1. The van der Waals surface area contributed by atoms with E-state index in [2.05, 4.69) is 31.3 Å². The van der Waals surface area contributed by atoms with E-state index in [1.165, 1.54) is 10.9 Å². The zero-order chi connectivity index (χ0) is 15.5. The molecular weight excluding hydrogens is 348 g/mol. The number of hydrogen-bond donors (Lipinski definition) is 1. The molecule has 0 saturated carbocycles. The van der Waals surface area contributed by atoms with Crippen LogP contribution in [-0.4, -0.2) is 20.7 Å². The largest absolute Gasteiger partial charge is 0.309 e. The fourth-order valence-electron chi connectivity index (χ4n) is 2.06. The second-order valence-electron chi connectivity index (χ2n) is 4.59. The molecule has 0 fully saturated rings. The molecular formula is C15H11BrN4O2. The van der Waals surface area contributed by atoms with Crippen LogP contribution in [0.3, 0.4) is 0 Å². The molecule has 0 bridgehead atoms. The lowest BCUT2D eigenvalue weighted by atomic mass is 10.2. The van der Waals surface area contributed by atoms with Crippen LogP contribution in [0.4, 0.5) is 5.82 Å². The van der Waals surface area contributed by atoms with Crippen molar-refractivity contribution < 1.29 is 4.79 Å². The summed E-state index contributed by atoms with van der Waals surface area (Å²) in [6.07, 6.45) is 2.82. The van der Waals surface area contributed by atoms with Crippen LogP contribution in [0, 0.1) is 0 Å². The first kappa shape index (κ1) is 14.4. The minimum atomic E-state index is -0.267. The number of carbonyl (C=O) groups excluding carboxylic acids is 1. The fraction of sp³-hybridized carbons (Fsp3) is 0.0667. The van der Waals surface area contributed by atoms with Crippen molar-refractivity contribution in [2.24, 2.45) is 0 Å². The molecule has 1 aromatic carbocycles. The Morgan fingerprint density at radius 3 is 2.77 bits per heavy atom. The molecule has 0 aliphatic heterocycles. The Morgan fingerprint density at radius 2 is 2.00 bits per heavy atom. The van der Waals surface area contributed by atoms with Crippen molar-refractivity contribution in [2.45, 2.75) is 6.54 Å². The van der Waals surface area contributed by atoms with E-state index >= 15 is 0 Å². The number of carbonyl (C=O) groups is 1. The Kier molecular flexibility index (Phi) is 3.97. The Labute approximate surface area is 133 Å². The van der Waals surface area contributed by atoms with Gasteiger partial charge in [0.15, 0.2) is 0 Å². The average molecular weight is 359 g/mol. The maximum Gasteiger partial charge on any atom is 0.247 e. The highest BCUT2D eigenvalue weighted by Gasteiger charge is 2.08. The molecule has 0 saturated heterocycles. The number of amides is 1. The highest BCUT2D eigenvalue weighted by Crippen LogP contribution is 2.11. The molecule has 2 heterocycles. The molecule has 2 aromatic heterocycles. The van der Waals surface area contributed by atoms with Gasteiger partial charge < -0.3 is 5.32 Å². The second-order valence-corrected chi connectivity index (χ2v) is 5.51. The Hall–Kier alpha value is -2.54. The van der Waals surface area contributed by atoms with E-state index in [9.17, 15) is 9.59 Å². The van der Waals surface area contributed by atoms with Crippen LogP contribution in [-0.2, 0) is 11.3 Å². The molecule has 110 valence electrons. The van der Waals surface area contributed by atoms with Gasteiger partial charge in [-0.25, -0.2) is 4.98 Å². The molecule has 22 heavy (non-hydrogen) atoms. The summed E-state index contributed by atoms with van der Waals surface area (Å²) in [5.74, 6) is 0.190. The Morgan fingerprint density at radius 1 is 1.18 bits per heavy atom. The summed E-state index contributed by atoms with van der Waals surface area (Å²) >= 11 is 3.28. The summed E-state index contributed by atoms with van der Waals surface area (Å²) in [4.78, 5) is 27.9. The number of pyridine rings is 1. The number of halogens is 1. The van der Waals surface area contributed by atoms with Crippen molar-refractivity contribution in [3.05, 3.63) is 63.5 Å². The zero-order valence-electron chi connectivity index (χ0n) is 11.4. The van der Waals surface area contributed by atoms with E-state index in [0.29, 0.717) is 16.7 Å². The van der Waals surface area contributed by atoms with E-state index in [0.717, 1.165) is 4.47 Å². The van der Waals surface area contributed by atoms with Crippen LogP contribution in [0.15, 0.2) is 58.1 Å². The van der Waals surface area contributed by atoms with Gasteiger partial charge in [-0.3, -0.25) is 14.3 Å². The molecule has 7 heteroatoms. The topological polar surface area (TPSA) is 76.9 Å². The SMILES string of the molecule is O=C(Cn1ncc(=O)c2ccccc21)Nc1ccc(Br)cn1. The molecule has 6 nitrogen and oxygen atoms in total. The van der Waals surface area contributed by atoms with Crippen molar-refractivity contribution >= 4 is 38.6 Å². The second kappa shape index (κ2) is 6.07. The van der Waals surface area contributed by atoms with Gasteiger partial charge in [0.25, 0.3) is 0 Å².